The molecule has 4 heterocycles. The number of non-ortho nitro benzene ring substituents is 1. The molecule has 76 heavy (non-hydrogen) atoms. The van der Waals surface area contributed by atoms with E-state index in [0.29, 0.717) is 50.1 Å². The molecule has 0 aliphatic heterocycles. The van der Waals surface area contributed by atoms with Gasteiger partial charge in [0.15, 0.2) is 11.6 Å². The quantitative estimate of drug-likeness (QED) is 0.0672. The van der Waals surface area contributed by atoms with E-state index in [2.05, 4.69) is 28.9 Å². The van der Waals surface area contributed by atoms with Gasteiger partial charge in [-0.15, -0.1) is 0 Å². The molecule has 0 aliphatic rings. The average molecular weight is 1120 g/mol. The summed E-state index contributed by atoms with van der Waals surface area (Å²) in [5.41, 5.74) is 5.68. The Balaban J connectivity index is 0.000000221. The zero-order chi connectivity index (χ0) is 55.8. The molecule has 2 amide bonds. The van der Waals surface area contributed by atoms with Gasteiger partial charge in [0.2, 0.25) is 10.3 Å². The number of carbonyl (C=O) groups is 4. The summed E-state index contributed by atoms with van der Waals surface area (Å²) in [5, 5.41) is 21.0. The van der Waals surface area contributed by atoms with Crippen LogP contribution in [-0.4, -0.2) is 90.0 Å². The van der Waals surface area contributed by atoms with Crippen molar-refractivity contribution in [2.24, 2.45) is 0 Å². The first-order valence-corrected chi connectivity index (χ1v) is 25.3. The number of hydrogen-bond donors (Lipinski definition) is 1. The second kappa shape index (κ2) is 21.4. The smallest absolute Gasteiger partial charge is 0.435 e. The minimum absolute atomic E-state index is 0.111. The number of nitro groups is 1. The summed E-state index contributed by atoms with van der Waals surface area (Å²) >= 11 is 15.4. The van der Waals surface area contributed by atoms with E-state index < -0.39 is 51.7 Å². The number of halogens is 2. The van der Waals surface area contributed by atoms with Crippen molar-refractivity contribution in [1.82, 2.24) is 38.3 Å². The molecular formula is C50H52Cl2N12O10S2. The van der Waals surface area contributed by atoms with E-state index in [0.717, 1.165) is 37.3 Å². The summed E-state index contributed by atoms with van der Waals surface area (Å²) in [6.45, 7) is 20.9. The first kappa shape index (κ1) is 55.9. The summed E-state index contributed by atoms with van der Waals surface area (Å²) in [5.74, 6) is 0.581. The number of amides is 2. The van der Waals surface area contributed by atoms with Crippen LogP contribution in [0.4, 0.5) is 52.2 Å². The number of nitrogens with zero attached hydrogens (tertiary/aromatic N) is 11. The highest BCUT2D eigenvalue weighted by atomic mass is 35.5. The highest BCUT2D eigenvalue weighted by molar-refractivity contribution is 7.10. The van der Waals surface area contributed by atoms with Gasteiger partial charge in [0.25, 0.3) is 5.69 Å². The SMILES string of the molecule is CC(C)(C)OC(=O)N(c1nc(-c2cccc(N)c2)ns1)c1ccc2c(cnn2C(=O)OC(C)(C)C)c1Cl.CC(C)(C)OC(=O)N(c1nc(-c2cccc([N+](=O)[O-])c2)ns1)c1ccc2c(cnn2C(=O)OC(C)(C)C)c1Cl. The molecule has 0 spiro atoms. The van der Waals surface area contributed by atoms with Crippen molar-refractivity contribution >= 4 is 125 Å². The zero-order valence-electron chi connectivity index (χ0n) is 43.2. The van der Waals surface area contributed by atoms with Crippen molar-refractivity contribution in [2.45, 2.75) is 105 Å². The Bertz CT molecular complexity index is 3530. The fourth-order valence-corrected chi connectivity index (χ4v) is 8.80. The van der Waals surface area contributed by atoms with Crippen molar-refractivity contribution in [3.8, 4) is 22.8 Å². The lowest BCUT2D eigenvalue weighted by Crippen LogP contribution is -2.34. The molecule has 26 heteroatoms. The highest BCUT2D eigenvalue weighted by Gasteiger charge is 2.33. The van der Waals surface area contributed by atoms with Crippen LogP contribution in [0, 0.1) is 10.1 Å². The average Bonchev–Trinajstić information content (AvgIpc) is 4.14. The number of aromatic nitrogens is 8. The van der Waals surface area contributed by atoms with Crippen LogP contribution >= 0.6 is 46.3 Å². The summed E-state index contributed by atoms with van der Waals surface area (Å²) in [6.07, 6.45) is 0.0414. The maximum Gasteiger partial charge on any atom is 0.435 e. The van der Waals surface area contributed by atoms with Gasteiger partial charge in [-0.1, -0.05) is 47.5 Å². The molecule has 8 rings (SSSR count). The van der Waals surface area contributed by atoms with Crippen LogP contribution in [0.25, 0.3) is 44.6 Å². The number of nitrogen functional groups attached to an aromatic ring is 1. The van der Waals surface area contributed by atoms with Crippen LogP contribution in [0.15, 0.2) is 85.2 Å². The summed E-state index contributed by atoms with van der Waals surface area (Å²) in [4.78, 5) is 74.2. The maximum absolute atomic E-state index is 13.4. The number of benzene rings is 4. The van der Waals surface area contributed by atoms with Crippen LogP contribution in [0.2, 0.25) is 10.0 Å². The van der Waals surface area contributed by atoms with Crippen molar-refractivity contribution in [2.75, 3.05) is 15.5 Å². The fourth-order valence-electron chi connectivity index (χ4n) is 6.82. The molecule has 2 N–H and O–H groups in total. The van der Waals surface area contributed by atoms with E-state index in [-0.39, 0.29) is 37.5 Å². The lowest BCUT2D eigenvalue weighted by atomic mass is 10.2. The molecule has 8 aromatic rings. The van der Waals surface area contributed by atoms with Crippen LogP contribution in [0.3, 0.4) is 0 Å². The maximum atomic E-state index is 13.4. The minimum Gasteiger partial charge on any atom is -0.443 e. The van der Waals surface area contributed by atoms with Gasteiger partial charge in [0.1, 0.15) is 22.4 Å². The Kier molecular flexibility index (Phi) is 15.8. The first-order valence-electron chi connectivity index (χ1n) is 23.0. The van der Waals surface area contributed by atoms with E-state index >= 15 is 0 Å². The number of anilines is 5. The van der Waals surface area contributed by atoms with Crippen LogP contribution in [0.5, 0.6) is 0 Å². The Labute approximate surface area is 453 Å². The van der Waals surface area contributed by atoms with Crippen molar-refractivity contribution < 1.29 is 43.0 Å². The molecule has 0 saturated carbocycles. The van der Waals surface area contributed by atoms with Gasteiger partial charge in [-0.05, 0) is 119 Å². The molecule has 0 fully saturated rings. The molecule has 0 aliphatic carbocycles. The third-order valence-corrected chi connectivity index (χ3v) is 12.0. The molecule has 0 saturated heterocycles. The molecule has 398 valence electrons. The molecule has 4 aromatic heterocycles. The number of nitrogens with two attached hydrogens (primary N) is 1. The minimum atomic E-state index is -0.846. The van der Waals surface area contributed by atoms with Crippen molar-refractivity contribution in [3.05, 3.63) is 105 Å². The number of ether oxygens (including phenoxy) is 4. The van der Waals surface area contributed by atoms with Gasteiger partial charge in [-0.3, -0.25) is 10.1 Å². The van der Waals surface area contributed by atoms with Crippen LogP contribution in [-0.2, 0) is 18.9 Å². The molecule has 0 radical (unpaired) electrons. The summed E-state index contributed by atoms with van der Waals surface area (Å²) < 4.78 is 33.0. The van der Waals surface area contributed by atoms with E-state index in [1.807, 2.05) is 6.07 Å². The van der Waals surface area contributed by atoms with Crippen molar-refractivity contribution in [1.29, 1.82) is 0 Å². The number of nitro benzene ring substituents is 1. The number of carbonyl (C=O) groups excluding carboxylic acids is 4. The Morgan fingerprint density at radius 3 is 1.37 bits per heavy atom. The molecule has 0 atom stereocenters. The Morgan fingerprint density at radius 1 is 0.592 bits per heavy atom. The van der Waals surface area contributed by atoms with E-state index in [1.54, 1.807) is 126 Å². The third kappa shape index (κ3) is 13.2. The summed E-state index contributed by atoms with van der Waals surface area (Å²) in [6, 6.07) is 19.3. The van der Waals surface area contributed by atoms with Gasteiger partial charge in [-0.2, -0.15) is 38.3 Å². The lowest BCUT2D eigenvalue weighted by molar-refractivity contribution is -0.384. The normalized spacial score (nSPS) is 11.9. The molecule has 4 aromatic carbocycles. The summed E-state index contributed by atoms with van der Waals surface area (Å²) in [7, 11) is 0. The second-order valence-corrected chi connectivity index (χ2v) is 22.8. The Morgan fingerprint density at radius 2 is 0.987 bits per heavy atom. The van der Waals surface area contributed by atoms with Gasteiger partial charge in [0.05, 0.1) is 49.8 Å². The van der Waals surface area contributed by atoms with Crippen LogP contribution in [0.1, 0.15) is 83.1 Å². The van der Waals surface area contributed by atoms with Crippen LogP contribution < -0.4 is 15.5 Å². The topological polar surface area (TPSA) is 268 Å². The zero-order valence-corrected chi connectivity index (χ0v) is 46.4. The number of rotatable bonds is 7. The monoisotopic (exact) mass is 1110 g/mol. The first-order chi connectivity index (χ1) is 35.4. The predicted molar refractivity (Wildman–Crippen MR) is 291 cm³/mol. The second-order valence-electron chi connectivity index (χ2n) is 20.6. The van der Waals surface area contributed by atoms with E-state index in [1.165, 1.54) is 41.6 Å². The molecule has 0 bridgehead atoms. The Hall–Kier alpha value is -7.80. The number of hydrogen-bond acceptors (Lipinski definition) is 19. The van der Waals surface area contributed by atoms with Gasteiger partial charge < -0.3 is 24.7 Å². The fraction of sp³-hybridized carbons (Fsp3) is 0.320. The van der Waals surface area contributed by atoms with Gasteiger partial charge >= 0.3 is 24.4 Å². The highest BCUT2D eigenvalue weighted by Crippen LogP contribution is 2.42. The van der Waals surface area contributed by atoms with Crippen molar-refractivity contribution in [3.63, 3.8) is 0 Å². The molecule has 0 unspecified atom stereocenters. The largest absolute Gasteiger partial charge is 0.443 e. The lowest BCUT2D eigenvalue weighted by Gasteiger charge is -2.26. The predicted octanol–water partition coefficient (Wildman–Crippen LogP) is 13.6. The molecule has 22 nitrogen and oxygen atoms in total. The molecular weight excluding hydrogens is 1060 g/mol. The third-order valence-electron chi connectivity index (χ3n) is 9.77. The number of fused-ring (bicyclic) bond motifs is 2. The van der Waals surface area contributed by atoms with E-state index in [9.17, 15) is 29.3 Å². The van der Waals surface area contributed by atoms with Gasteiger partial charge in [-0.25, -0.2) is 29.0 Å². The van der Waals surface area contributed by atoms with E-state index in [4.69, 9.17) is 47.9 Å². The standard InChI is InChI=1S/C25H25ClN6O6S.C25H27ClN6O4S/c1-24(2,3)37-22(33)30(21-28-20(29-39-21)14-8-7-9-15(12-14)32(35)36)18-11-10-17-16(19(18)26)13-27-31(17)23(34)38-25(4,5)6;1-24(2,3)35-22(33)31(21-29-20(30-37-21)14-8-7-9-15(27)12-14)18-11-10-17-16(19(18)26)13-28-32(17)23(34)36-25(4,5)6/h7-13H,1-6H3;7-13H,27H2,1-6H3. The van der Waals surface area contributed by atoms with Gasteiger partial charge in [0, 0.05) is 62.8 Å².